The lowest BCUT2D eigenvalue weighted by Gasteiger charge is -1.97. The van der Waals surface area contributed by atoms with Crippen LogP contribution in [0.1, 0.15) is 51.5 Å². The van der Waals surface area contributed by atoms with E-state index in [1.165, 1.54) is 37.7 Å². The molecule has 1 saturated carbocycles. The van der Waals surface area contributed by atoms with E-state index in [0.717, 1.165) is 15.9 Å². The molecule has 1 heterocycles. The van der Waals surface area contributed by atoms with Gasteiger partial charge in [-0.2, -0.15) is 0 Å². The van der Waals surface area contributed by atoms with E-state index in [2.05, 4.69) is 28.7 Å². The van der Waals surface area contributed by atoms with Gasteiger partial charge in [0.2, 0.25) is 6.79 Å². The zero-order chi connectivity index (χ0) is 13.2. The second-order valence-electron chi connectivity index (χ2n) is 4.09. The molecule has 0 amide bonds. The highest BCUT2D eigenvalue weighted by molar-refractivity contribution is 14.1. The first kappa shape index (κ1) is 15.6. The Hall–Kier alpha value is -0.450. The van der Waals surface area contributed by atoms with Crippen molar-refractivity contribution in [1.29, 1.82) is 0 Å². The van der Waals surface area contributed by atoms with E-state index in [4.69, 9.17) is 9.47 Å². The van der Waals surface area contributed by atoms with E-state index in [9.17, 15) is 0 Å². The standard InChI is InChI=1S/C8H7IO2.C5H10.C2H6/c9-4-6-1-2-7-8(3-6)11-5-10-7;1-2-4-5-3-1;1-2/h1-3H,4-5H2;1-5H2;1-2H3. The van der Waals surface area contributed by atoms with Crippen LogP contribution < -0.4 is 9.47 Å². The molecule has 0 aromatic heterocycles. The number of hydrogen-bond donors (Lipinski definition) is 0. The van der Waals surface area contributed by atoms with Crippen molar-refractivity contribution in [3.63, 3.8) is 0 Å². The Bertz CT molecular complexity index is 328. The molecule has 18 heavy (non-hydrogen) atoms. The summed E-state index contributed by atoms with van der Waals surface area (Å²) in [6.45, 7) is 4.36. The number of benzene rings is 1. The number of alkyl halides is 1. The summed E-state index contributed by atoms with van der Waals surface area (Å²) in [6.07, 6.45) is 7.50. The molecular weight excluding hydrogens is 339 g/mol. The van der Waals surface area contributed by atoms with E-state index < -0.39 is 0 Å². The van der Waals surface area contributed by atoms with E-state index in [-0.39, 0.29) is 0 Å². The first-order chi connectivity index (χ1) is 8.90. The highest BCUT2D eigenvalue weighted by Crippen LogP contribution is 2.32. The summed E-state index contributed by atoms with van der Waals surface area (Å²) in [5, 5.41) is 0. The fraction of sp³-hybridized carbons (Fsp3) is 0.600. The summed E-state index contributed by atoms with van der Waals surface area (Å²) < 4.78 is 11.4. The van der Waals surface area contributed by atoms with Gasteiger partial charge < -0.3 is 9.47 Å². The topological polar surface area (TPSA) is 18.5 Å². The highest BCUT2D eigenvalue weighted by atomic mass is 127. The molecule has 3 rings (SSSR count). The van der Waals surface area contributed by atoms with Gasteiger partial charge in [-0.1, -0.05) is 74.6 Å². The van der Waals surface area contributed by atoms with Crippen LogP contribution in [0.4, 0.5) is 0 Å². The number of hydrogen-bond acceptors (Lipinski definition) is 2. The lowest BCUT2D eigenvalue weighted by Crippen LogP contribution is -1.92. The summed E-state index contributed by atoms with van der Waals surface area (Å²) >= 11 is 2.32. The van der Waals surface area contributed by atoms with Crippen molar-refractivity contribution >= 4 is 22.6 Å². The minimum atomic E-state index is 0.361. The van der Waals surface area contributed by atoms with Crippen molar-refractivity contribution in [1.82, 2.24) is 0 Å². The molecule has 0 atom stereocenters. The molecule has 1 aliphatic heterocycles. The van der Waals surface area contributed by atoms with Crippen LogP contribution in [0.3, 0.4) is 0 Å². The zero-order valence-electron chi connectivity index (χ0n) is 11.4. The van der Waals surface area contributed by atoms with Crippen LogP contribution in [0.15, 0.2) is 18.2 Å². The van der Waals surface area contributed by atoms with Crippen molar-refractivity contribution in [3.8, 4) is 11.5 Å². The van der Waals surface area contributed by atoms with Crippen LogP contribution >= 0.6 is 22.6 Å². The average molecular weight is 362 g/mol. The Morgan fingerprint density at radius 3 is 2.06 bits per heavy atom. The summed E-state index contributed by atoms with van der Waals surface area (Å²) in [5.74, 6) is 1.73. The second-order valence-corrected chi connectivity index (χ2v) is 4.85. The van der Waals surface area contributed by atoms with Crippen molar-refractivity contribution in [2.24, 2.45) is 0 Å². The van der Waals surface area contributed by atoms with Crippen molar-refractivity contribution < 1.29 is 9.47 Å². The Morgan fingerprint density at radius 1 is 0.944 bits per heavy atom. The van der Waals surface area contributed by atoms with Gasteiger partial charge >= 0.3 is 0 Å². The van der Waals surface area contributed by atoms with Gasteiger partial charge in [0.05, 0.1) is 0 Å². The van der Waals surface area contributed by atoms with Crippen LogP contribution in [0.5, 0.6) is 11.5 Å². The molecule has 0 saturated heterocycles. The minimum absolute atomic E-state index is 0.361. The predicted molar refractivity (Wildman–Crippen MR) is 84.7 cm³/mol. The van der Waals surface area contributed by atoms with E-state index in [1.54, 1.807) is 0 Å². The third-order valence-corrected chi connectivity index (χ3v) is 3.72. The molecule has 0 radical (unpaired) electrons. The molecule has 0 N–H and O–H groups in total. The van der Waals surface area contributed by atoms with Crippen LogP contribution in [0.25, 0.3) is 0 Å². The van der Waals surface area contributed by atoms with Crippen LogP contribution in [0, 0.1) is 0 Å². The van der Waals surface area contributed by atoms with Gasteiger partial charge in [0, 0.05) is 4.43 Å². The maximum absolute atomic E-state index is 5.22. The fourth-order valence-corrected chi connectivity index (χ4v) is 2.38. The minimum Gasteiger partial charge on any atom is -0.454 e. The third-order valence-electron chi connectivity index (χ3n) is 2.84. The molecule has 3 heteroatoms. The third kappa shape index (κ3) is 5.04. The van der Waals surface area contributed by atoms with Gasteiger partial charge in [0.15, 0.2) is 11.5 Å². The van der Waals surface area contributed by atoms with Gasteiger partial charge in [0.1, 0.15) is 0 Å². The van der Waals surface area contributed by atoms with E-state index in [1.807, 2.05) is 26.0 Å². The molecule has 2 aliphatic rings. The predicted octanol–water partition coefficient (Wildman–Crippen LogP) is 5.33. The highest BCUT2D eigenvalue weighted by Gasteiger charge is 2.12. The summed E-state index contributed by atoms with van der Waals surface area (Å²) in [5.41, 5.74) is 1.27. The van der Waals surface area contributed by atoms with Gasteiger partial charge in [-0.15, -0.1) is 0 Å². The number of rotatable bonds is 1. The maximum Gasteiger partial charge on any atom is 0.231 e. The second kappa shape index (κ2) is 9.48. The SMILES string of the molecule is C1CCCC1.CC.ICc1ccc2c(c1)OCO2. The van der Waals surface area contributed by atoms with Gasteiger partial charge in [0.25, 0.3) is 0 Å². The first-order valence-electron chi connectivity index (χ1n) is 6.84. The maximum atomic E-state index is 5.22. The molecule has 0 spiro atoms. The lowest BCUT2D eigenvalue weighted by molar-refractivity contribution is 0.174. The summed E-state index contributed by atoms with van der Waals surface area (Å²) in [4.78, 5) is 0. The molecule has 1 aromatic rings. The lowest BCUT2D eigenvalue weighted by atomic mass is 10.2. The molecule has 2 nitrogen and oxygen atoms in total. The van der Waals surface area contributed by atoms with Gasteiger partial charge in [-0.3, -0.25) is 0 Å². The molecule has 1 fully saturated rings. The number of fused-ring (bicyclic) bond motifs is 1. The molecule has 102 valence electrons. The van der Waals surface area contributed by atoms with E-state index >= 15 is 0 Å². The smallest absolute Gasteiger partial charge is 0.231 e. The monoisotopic (exact) mass is 362 g/mol. The average Bonchev–Trinajstić information content (AvgIpc) is 3.14. The van der Waals surface area contributed by atoms with Crippen LogP contribution in [-0.4, -0.2) is 6.79 Å². The molecular formula is C15H23IO2. The summed E-state index contributed by atoms with van der Waals surface area (Å²) in [6, 6.07) is 6.03. The molecule has 1 aromatic carbocycles. The largest absolute Gasteiger partial charge is 0.454 e. The Kier molecular flexibility index (Phi) is 8.22. The van der Waals surface area contributed by atoms with E-state index in [0.29, 0.717) is 6.79 Å². The number of halogens is 1. The fourth-order valence-electron chi connectivity index (χ4n) is 1.91. The molecule has 1 aliphatic carbocycles. The zero-order valence-corrected chi connectivity index (χ0v) is 13.5. The Labute approximate surface area is 124 Å². The number of ether oxygens (including phenoxy) is 2. The Balaban J connectivity index is 0.000000195. The Morgan fingerprint density at radius 2 is 1.50 bits per heavy atom. The molecule has 0 unspecified atom stereocenters. The first-order valence-corrected chi connectivity index (χ1v) is 8.37. The van der Waals surface area contributed by atoms with Crippen molar-refractivity contribution in [2.75, 3.05) is 6.79 Å². The quantitative estimate of drug-likeness (QED) is 0.497. The van der Waals surface area contributed by atoms with Crippen LogP contribution in [0.2, 0.25) is 0 Å². The van der Waals surface area contributed by atoms with Crippen molar-refractivity contribution in [3.05, 3.63) is 23.8 Å². The normalized spacial score (nSPS) is 15.3. The van der Waals surface area contributed by atoms with Crippen LogP contribution in [-0.2, 0) is 4.43 Å². The van der Waals surface area contributed by atoms with Crippen molar-refractivity contribution in [2.45, 2.75) is 50.4 Å². The molecule has 0 bridgehead atoms. The summed E-state index contributed by atoms with van der Waals surface area (Å²) in [7, 11) is 0. The van der Waals surface area contributed by atoms with Gasteiger partial charge in [-0.25, -0.2) is 0 Å². The van der Waals surface area contributed by atoms with Gasteiger partial charge in [-0.05, 0) is 17.7 Å².